The number of pyridine rings is 1. The Kier molecular flexibility index (Phi) is 4.89. The molecule has 0 bridgehead atoms. The van der Waals surface area contributed by atoms with Crippen LogP contribution in [0.5, 0.6) is 0 Å². The fourth-order valence-corrected chi connectivity index (χ4v) is 3.97. The number of thiocarbonyl (C=S) groups is 1. The maximum absolute atomic E-state index is 6.09. The SMILES string of the molecule is CC(C)n1ccc([C@H]2[C@H](c3ccccn3)NC(=S)N2c2ccc(Cl)cc2)c1. The third-order valence-corrected chi connectivity index (χ3v) is 5.44. The summed E-state index contributed by atoms with van der Waals surface area (Å²) >= 11 is 11.8. The maximum Gasteiger partial charge on any atom is 0.174 e. The Labute approximate surface area is 169 Å². The Balaban J connectivity index is 1.81. The molecule has 1 saturated heterocycles. The molecular weight excluding hydrogens is 376 g/mol. The first kappa shape index (κ1) is 18.0. The van der Waals surface area contributed by atoms with Crippen LogP contribution in [0.2, 0.25) is 5.02 Å². The van der Waals surface area contributed by atoms with Crippen LogP contribution >= 0.6 is 23.8 Å². The summed E-state index contributed by atoms with van der Waals surface area (Å²) in [5, 5.41) is 4.87. The van der Waals surface area contributed by atoms with E-state index in [1.54, 1.807) is 0 Å². The van der Waals surface area contributed by atoms with Crippen molar-refractivity contribution in [1.82, 2.24) is 14.9 Å². The molecule has 27 heavy (non-hydrogen) atoms. The molecule has 0 radical (unpaired) electrons. The van der Waals surface area contributed by atoms with Crippen LogP contribution < -0.4 is 10.2 Å². The molecule has 138 valence electrons. The van der Waals surface area contributed by atoms with Crippen LogP contribution in [0, 0.1) is 0 Å². The second-order valence-electron chi connectivity index (χ2n) is 6.96. The molecule has 6 heteroatoms. The van der Waals surface area contributed by atoms with Gasteiger partial charge in [-0.3, -0.25) is 4.98 Å². The predicted molar refractivity (Wildman–Crippen MR) is 114 cm³/mol. The van der Waals surface area contributed by atoms with E-state index in [1.807, 2.05) is 48.7 Å². The van der Waals surface area contributed by atoms with E-state index in [0.29, 0.717) is 16.2 Å². The molecule has 0 unspecified atom stereocenters. The fraction of sp³-hybridized carbons (Fsp3) is 0.238. The third kappa shape index (κ3) is 3.45. The number of hydrogen-bond acceptors (Lipinski definition) is 2. The zero-order chi connectivity index (χ0) is 19.0. The van der Waals surface area contributed by atoms with Gasteiger partial charge in [-0.15, -0.1) is 0 Å². The average Bonchev–Trinajstić information content (AvgIpc) is 3.28. The normalized spacial score (nSPS) is 19.6. The van der Waals surface area contributed by atoms with Gasteiger partial charge in [0, 0.05) is 35.3 Å². The summed E-state index contributed by atoms with van der Waals surface area (Å²) in [5.41, 5.74) is 3.18. The molecule has 3 aromatic rings. The molecule has 1 aliphatic rings. The van der Waals surface area contributed by atoms with E-state index in [9.17, 15) is 0 Å². The second kappa shape index (κ2) is 7.33. The van der Waals surface area contributed by atoms with Crippen molar-refractivity contribution in [3.8, 4) is 0 Å². The highest BCUT2D eigenvalue weighted by molar-refractivity contribution is 7.80. The lowest BCUT2D eigenvalue weighted by Gasteiger charge is -2.27. The van der Waals surface area contributed by atoms with Gasteiger partial charge in [-0.2, -0.15) is 0 Å². The van der Waals surface area contributed by atoms with Gasteiger partial charge in [-0.05, 0) is 74.1 Å². The van der Waals surface area contributed by atoms with Crippen LogP contribution in [0.3, 0.4) is 0 Å². The number of halogens is 1. The molecule has 1 aromatic carbocycles. The highest BCUT2D eigenvalue weighted by Gasteiger charge is 2.41. The van der Waals surface area contributed by atoms with Crippen LogP contribution in [0.1, 0.15) is 43.2 Å². The highest BCUT2D eigenvalue weighted by Crippen LogP contribution is 2.41. The maximum atomic E-state index is 6.09. The van der Waals surface area contributed by atoms with E-state index in [1.165, 1.54) is 5.56 Å². The van der Waals surface area contributed by atoms with Crippen LogP contribution in [0.15, 0.2) is 67.1 Å². The van der Waals surface area contributed by atoms with Crippen molar-refractivity contribution in [3.05, 3.63) is 83.4 Å². The number of nitrogens with zero attached hydrogens (tertiary/aromatic N) is 3. The first-order valence-corrected chi connectivity index (χ1v) is 9.77. The molecule has 3 heterocycles. The lowest BCUT2D eigenvalue weighted by Crippen LogP contribution is -2.29. The van der Waals surface area contributed by atoms with Crippen molar-refractivity contribution < 1.29 is 0 Å². The minimum absolute atomic E-state index is 0.00794. The summed E-state index contributed by atoms with van der Waals surface area (Å²) in [5.74, 6) is 0. The van der Waals surface area contributed by atoms with Gasteiger partial charge in [0.1, 0.15) is 0 Å². The monoisotopic (exact) mass is 396 g/mol. The lowest BCUT2D eigenvalue weighted by molar-refractivity contribution is 0.560. The van der Waals surface area contributed by atoms with Gasteiger partial charge < -0.3 is 14.8 Å². The summed E-state index contributed by atoms with van der Waals surface area (Å²) in [7, 11) is 0. The summed E-state index contributed by atoms with van der Waals surface area (Å²) in [6.45, 7) is 4.35. The molecule has 0 aliphatic carbocycles. The van der Waals surface area contributed by atoms with Gasteiger partial charge in [-0.25, -0.2) is 0 Å². The summed E-state index contributed by atoms with van der Waals surface area (Å²) < 4.78 is 2.21. The van der Waals surface area contributed by atoms with E-state index in [0.717, 1.165) is 11.4 Å². The first-order chi connectivity index (χ1) is 13.0. The lowest BCUT2D eigenvalue weighted by atomic mass is 9.98. The van der Waals surface area contributed by atoms with E-state index in [-0.39, 0.29) is 12.1 Å². The summed E-state index contributed by atoms with van der Waals surface area (Å²) in [6, 6.07) is 16.3. The molecule has 0 saturated carbocycles. The van der Waals surface area contributed by atoms with Crippen molar-refractivity contribution in [3.63, 3.8) is 0 Å². The Bertz CT molecular complexity index is 936. The van der Waals surface area contributed by atoms with Gasteiger partial charge in [0.15, 0.2) is 5.11 Å². The van der Waals surface area contributed by atoms with Gasteiger partial charge in [0.2, 0.25) is 0 Å². The zero-order valence-electron chi connectivity index (χ0n) is 15.2. The van der Waals surface area contributed by atoms with Crippen LogP contribution in [-0.4, -0.2) is 14.7 Å². The number of anilines is 1. The molecule has 2 aromatic heterocycles. The minimum atomic E-state index is -0.0302. The van der Waals surface area contributed by atoms with Crippen LogP contribution in [0.4, 0.5) is 5.69 Å². The average molecular weight is 397 g/mol. The standard InChI is InChI=1S/C21H21ClN4S/c1-14(2)25-12-10-15(13-25)20-19(18-5-3-4-11-23-18)24-21(27)26(20)17-8-6-16(22)7-9-17/h3-14,19-20H,1-2H3,(H,24,27)/t19-,20-/m0/s1. The number of benzene rings is 1. The topological polar surface area (TPSA) is 33.1 Å². The molecular formula is C21H21ClN4S. The molecule has 1 N–H and O–H groups in total. The smallest absolute Gasteiger partial charge is 0.174 e. The Morgan fingerprint density at radius 3 is 2.52 bits per heavy atom. The number of rotatable bonds is 4. The molecule has 2 atom stereocenters. The number of nitrogens with one attached hydrogen (secondary N) is 1. The van der Waals surface area contributed by atoms with Crippen LogP contribution in [-0.2, 0) is 0 Å². The van der Waals surface area contributed by atoms with Gasteiger partial charge in [0.25, 0.3) is 0 Å². The van der Waals surface area contributed by atoms with Crippen molar-refractivity contribution in [2.75, 3.05) is 4.90 Å². The fourth-order valence-electron chi connectivity index (χ4n) is 3.50. The van der Waals surface area contributed by atoms with E-state index < -0.39 is 0 Å². The highest BCUT2D eigenvalue weighted by atomic mass is 35.5. The Morgan fingerprint density at radius 2 is 1.89 bits per heavy atom. The van der Waals surface area contributed by atoms with Crippen molar-refractivity contribution in [1.29, 1.82) is 0 Å². The molecule has 4 rings (SSSR count). The van der Waals surface area contributed by atoms with Crippen molar-refractivity contribution >= 4 is 34.6 Å². The Morgan fingerprint density at radius 1 is 1.11 bits per heavy atom. The zero-order valence-corrected chi connectivity index (χ0v) is 16.8. The van der Waals surface area contributed by atoms with Gasteiger partial charge in [0.05, 0.1) is 17.8 Å². The van der Waals surface area contributed by atoms with E-state index >= 15 is 0 Å². The van der Waals surface area contributed by atoms with Crippen LogP contribution in [0.25, 0.3) is 0 Å². The quantitative estimate of drug-likeness (QED) is 0.607. The molecule has 0 spiro atoms. The van der Waals surface area contributed by atoms with Gasteiger partial charge in [-0.1, -0.05) is 17.7 Å². The second-order valence-corrected chi connectivity index (χ2v) is 7.78. The van der Waals surface area contributed by atoms with Gasteiger partial charge >= 0.3 is 0 Å². The molecule has 1 aliphatic heterocycles. The van der Waals surface area contributed by atoms with Crippen molar-refractivity contribution in [2.24, 2.45) is 0 Å². The number of aromatic nitrogens is 2. The molecule has 0 amide bonds. The third-order valence-electron chi connectivity index (χ3n) is 4.88. The van der Waals surface area contributed by atoms with E-state index in [2.05, 4.69) is 52.1 Å². The van der Waals surface area contributed by atoms with Crippen molar-refractivity contribution in [2.45, 2.75) is 32.0 Å². The minimum Gasteiger partial charge on any atom is -0.351 e. The largest absolute Gasteiger partial charge is 0.351 e. The first-order valence-electron chi connectivity index (χ1n) is 8.98. The molecule has 1 fully saturated rings. The summed E-state index contributed by atoms with van der Waals surface area (Å²) in [4.78, 5) is 6.74. The van der Waals surface area contributed by atoms with E-state index in [4.69, 9.17) is 23.8 Å². The predicted octanol–water partition coefficient (Wildman–Crippen LogP) is 5.29. The number of hydrogen-bond donors (Lipinski definition) is 1. The summed E-state index contributed by atoms with van der Waals surface area (Å²) in [6.07, 6.45) is 6.14. The Hall–Kier alpha value is -2.37. The molecule has 4 nitrogen and oxygen atoms in total.